The lowest BCUT2D eigenvalue weighted by Gasteiger charge is -2.20. The lowest BCUT2D eigenvalue weighted by atomic mass is 9.98. The summed E-state index contributed by atoms with van der Waals surface area (Å²) in [5.74, 6) is -1.64. The lowest BCUT2D eigenvalue weighted by Crippen LogP contribution is -2.37. The van der Waals surface area contributed by atoms with Crippen LogP contribution in [0.1, 0.15) is 54.7 Å². The lowest BCUT2D eigenvalue weighted by molar-refractivity contribution is -0.161. The number of ether oxygens (including phenoxy) is 4. The standard InChI is InChI=1S/C26H39N6O12P/c1-15(33)27-17-9-10-32(24(37)28-17)21-20(39-8)19(34)16(44-21)11-31-12-18(29-30-31)45(38,42-13-40-22(35)25(2,3)4)43-14-41-23(36)26(5,6)7/h9-10,12,16,19-21,34H,11,13-14H2,1-8H3,(H,27,28,33,37)/t16-,19?,20?,21-/m1/s1. The van der Waals surface area contributed by atoms with Gasteiger partial charge in [-0.25, -0.2) is 9.48 Å². The van der Waals surface area contributed by atoms with Gasteiger partial charge in [0.15, 0.2) is 11.7 Å². The number of nitrogens with zero attached hydrogens (tertiary/aromatic N) is 5. The summed E-state index contributed by atoms with van der Waals surface area (Å²) in [6.45, 7) is 9.30. The molecule has 0 aromatic carbocycles. The zero-order valence-electron chi connectivity index (χ0n) is 26.3. The Labute approximate surface area is 258 Å². The molecule has 250 valence electrons. The third-order valence-electron chi connectivity index (χ3n) is 6.22. The Balaban J connectivity index is 1.78. The minimum Gasteiger partial charge on any atom is -0.438 e. The number of nitrogens with one attached hydrogen (secondary N) is 1. The molecule has 0 bridgehead atoms. The number of rotatable bonds is 12. The molecule has 0 spiro atoms. The van der Waals surface area contributed by atoms with Crippen LogP contribution in [0.2, 0.25) is 0 Å². The van der Waals surface area contributed by atoms with Crippen molar-refractivity contribution in [3.05, 3.63) is 28.9 Å². The SMILES string of the molecule is COC1C(O)[C@@H](Cn2cc(P(=O)(OCOC(=O)C(C)(C)C)OCOC(=O)C(C)(C)C)nn2)O[C@H]1n1ccc(NC(C)=O)nc1=O. The highest BCUT2D eigenvalue weighted by atomic mass is 31.2. The molecule has 2 unspecified atom stereocenters. The maximum atomic E-state index is 13.7. The van der Waals surface area contributed by atoms with Crippen LogP contribution in [-0.4, -0.2) is 86.5 Å². The fourth-order valence-electron chi connectivity index (χ4n) is 3.79. The van der Waals surface area contributed by atoms with E-state index in [0.29, 0.717) is 0 Å². The molecule has 3 heterocycles. The van der Waals surface area contributed by atoms with Gasteiger partial charge in [0.05, 0.1) is 23.6 Å². The summed E-state index contributed by atoms with van der Waals surface area (Å²) >= 11 is 0. The van der Waals surface area contributed by atoms with Crippen molar-refractivity contribution in [2.24, 2.45) is 10.8 Å². The predicted octanol–water partition coefficient (Wildman–Crippen LogP) is 0.712. The molecule has 0 aliphatic carbocycles. The molecular weight excluding hydrogens is 619 g/mol. The molecular formula is C26H39N6O12P. The molecule has 1 aliphatic heterocycles. The van der Waals surface area contributed by atoms with Crippen LogP contribution in [0.3, 0.4) is 0 Å². The van der Waals surface area contributed by atoms with Gasteiger partial charge in [0.1, 0.15) is 24.1 Å². The van der Waals surface area contributed by atoms with Crippen molar-refractivity contribution >= 4 is 36.7 Å². The second-order valence-electron chi connectivity index (χ2n) is 12.1. The normalized spacial score (nSPS) is 20.6. The molecule has 0 saturated carbocycles. The number of anilines is 1. The third kappa shape index (κ3) is 9.24. The second-order valence-corrected chi connectivity index (χ2v) is 14.1. The number of esters is 2. The topological polar surface area (TPSA) is 222 Å². The molecule has 3 rings (SSSR count). The quantitative estimate of drug-likeness (QED) is 0.182. The predicted molar refractivity (Wildman–Crippen MR) is 154 cm³/mol. The first-order valence-corrected chi connectivity index (χ1v) is 15.3. The molecule has 18 nitrogen and oxygen atoms in total. The van der Waals surface area contributed by atoms with Gasteiger partial charge in [-0.05, 0) is 47.6 Å². The molecule has 19 heteroatoms. The number of aromatic nitrogens is 5. The van der Waals surface area contributed by atoms with E-state index < -0.39 is 80.1 Å². The van der Waals surface area contributed by atoms with E-state index >= 15 is 0 Å². The van der Waals surface area contributed by atoms with Crippen molar-refractivity contribution in [2.75, 3.05) is 26.0 Å². The van der Waals surface area contributed by atoms with Gasteiger partial charge in [-0.3, -0.25) is 32.6 Å². The van der Waals surface area contributed by atoms with E-state index in [9.17, 15) is 28.8 Å². The Morgan fingerprint density at radius 2 is 1.64 bits per heavy atom. The molecule has 1 saturated heterocycles. The number of amides is 1. The van der Waals surface area contributed by atoms with E-state index in [-0.39, 0.29) is 17.8 Å². The zero-order chi connectivity index (χ0) is 33.7. The molecule has 2 N–H and O–H groups in total. The number of aliphatic hydroxyl groups is 1. The van der Waals surface area contributed by atoms with Crippen molar-refractivity contribution in [1.82, 2.24) is 24.5 Å². The highest BCUT2D eigenvalue weighted by Gasteiger charge is 2.46. The van der Waals surface area contributed by atoms with Crippen molar-refractivity contribution in [3.63, 3.8) is 0 Å². The van der Waals surface area contributed by atoms with Crippen LogP contribution in [-0.2, 0) is 53.5 Å². The smallest absolute Gasteiger partial charge is 0.388 e. The maximum Gasteiger partial charge on any atom is 0.388 e. The Hall–Kier alpha value is -3.54. The first kappa shape index (κ1) is 35.9. The van der Waals surface area contributed by atoms with Gasteiger partial charge in [0, 0.05) is 20.2 Å². The highest BCUT2D eigenvalue weighted by Crippen LogP contribution is 2.46. The number of aliphatic hydroxyl groups excluding tert-OH is 1. The van der Waals surface area contributed by atoms with Crippen LogP contribution in [0.5, 0.6) is 0 Å². The highest BCUT2D eigenvalue weighted by molar-refractivity contribution is 7.61. The summed E-state index contributed by atoms with van der Waals surface area (Å²) < 4.78 is 48.1. The monoisotopic (exact) mass is 658 g/mol. The molecule has 45 heavy (non-hydrogen) atoms. The summed E-state index contributed by atoms with van der Waals surface area (Å²) in [6, 6.07) is 1.39. The fraction of sp³-hybridized carbons (Fsp3) is 0.654. The van der Waals surface area contributed by atoms with E-state index in [4.69, 9.17) is 28.0 Å². The second kappa shape index (κ2) is 14.3. The van der Waals surface area contributed by atoms with E-state index in [1.807, 2.05) is 0 Å². The summed E-state index contributed by atoms with van der Waals surface area (Å²) in [7, 11) is -3.06. The van der Waals surface area contributed by atoms with Gasteiger partial charge >= 0.3 is 25.2 Å². The molecule has 2 aromatic rings. The van der Waals surface area contributed by atoms with Gasteiger partial charge < -0.3 is 29.4 Å². The Kier molecular flexibility index (Phi) is 11.4. The van der Waals surface area contributed by atoms with Gasteiger partial charge in [-0.15, -0.1) is 5.10 Å². The van der Waals surface area contributed by atoms with E-state index in [0.717, 1.165) is 4.57 Å². The third-order valence-corrected chi connectivity index (χ3v) is 7.87. The van der Waals surface area contributed by atoms with Crippen molar-refractivity contribution in [1.29, 1.82) is 0 Å². The number of hydrogen-bond acceptors (Lipinski definition) is 15. The molecule has 2 aromatic heterocycles. The fourth-order valence-corrected chi connectivity index (χ4v) is 4.94. The van der Waals surface area contributed by atoms with Gasteiger partial charge in [0.25, 0.3) is 0 Å². The van der Waals surface area contributed by atoms with E-state index in [2.05, 4.69) is 20.6 Å². The minimum atomic E-state index is -4.39. The molecule has 1 aliphatic rings. The van der Waals surface area contributed by atoms with Gasteiger partial charge in [-0.1, -0.05) is 5.21 Å². The summed E-state index contributed by atoms with van der Waals surface area (Å²) in [5.41, 5.74) is -2.82. The van der Waals surface area contributed by atoms with E-state index in [1.165, 1.54) is 37.2 Å². The van der Waals surface area contributed by atoms with Crippen LogP contribution in [0.25, 0.3) is 0 Å². The molecule has 4 atom stereocenters. The van der Waals surface area contributed by atoms with E-state index in [1.54, 1.807) is 41.5 Å². The summed E-state index contributed by atoms with van der Waals surface area (Å²) in [4.78, 5) is 52.1. The number of methoxy groups -OCH3 is 1. The van der Waals surface area contributed by atoms with Gasteiger partial charge in [-0.2, -0.15) is 4.98 Å². The van der Waals surface area contributed by atoms with Crippen LogP contribution < -0.4 is 16.4 Å². The molecule has 1 amide bonds. The maximum absolute atomic E-state index is 13.7. The Bertz CT molecular complexity index is 1440. The number of carbonyl (C=O) groups is 3. The van der Waals surface area contributed by atoms with Crippen molar-refractivity contribution in [3.8, 4) is 0 Å². The van der Waals surface area contributed by atoms with Crippen molar-refractivity contribution in [2.45, 2.75) is 79.6 Å². The number of carbonyl (C=O) groups excluding carboxylic acids is 3. The van der Waals surface area contributed by atoms with Crippen LogP contribution in [0.4, 0.5) is 5.82 Å². The molecule has 1 fully saturated rings. The summed E-state index contributed by atoms with van der Waals surface area (Å²) in [5, 5.41) is 21.1. The average molecular weight is 659 g/mol. The summed E-state index contributed by atoms with van der Waals surface area (Å²) in [6.07, 6.45) is -1.84. The Morgan fingerprint density at radius 1 is 1.07 bits per heavy atom. The van der Waals surface area contributed by atoms with Gasteiger partial charge in [0.2, 0.25) is 19.5 Å². The minimum absolute atomic E-state index is 0.0400. The van der Waals surface area contributed by atoms with Crippen LogP contribution in [0, 0.1) is 10.8 Å². The first-order chi connectivity index (χ1) is 20.9. The zero-order valence-corrected chi connectivity index (χ0v) is 27.2. The largest absolute Gasteiger partial charge is 0.438 e. The van der Waals surface area contributed by atoms with Crippen molar-refractivity contribution < 1.29 is 52.1 Å². The van der Waals surface area contributed by atoms with Crippen LogP contribution in [0.15, 0.2) is 23.3 Å². The average Bonchev–Trinajstić information content (AvgIpc) is 3.52. The number of hydrogen-bond donors (Lipinski definition) is 2. The first-order valence-electron chi connectivity index (χ1n) is 13.7. The molecule has 0 radical (unpaired) electrons. The Morgan fingerprint density at radius 3 is 2.13 bits per heavy atom. The van der Waals surface area contributed by atoms with Crippen LogP contribution >= 0.6 is 7.60 Å².